The van der Waals surface area contributed by atoms with Crippen LogP contribution in [0.4, 0.5) is 5.82 Å². The minimum absolute atomic E-state index is 0.256. The Hall–Kier alpha value is -1.20. The lowest BCUT2D eigenvalue weighted by atomic mass is 10.2. The summed E-state index contributed by atoms with van der Waals surface area (Å²) in [5, 5.41) is 6.56. The number of hydrogen-bond acceptors (Lipinski definition) is 5. The molecule has 2 aromatic heterocycles. The van der Waals surface area contributed by atoms with Crippen molar-refractivity contribution >= 4 is 28.8 Å². The molecular formula is C10H11ClN4S. The van der Waals surface area contributed by atoms with Gasteiger partial charge in [-0.15, -0.1) is 11.3 Å². The minimum atomic E-state index is 0.256. The molecule has 0 aliphatic rings. The molecule has 2 heterocycles. The van der Waals surface area contributed by atoms with Crippen molar-refractivity contribution in [3.05, 3.63) is 34.1 Å². The lowest BCUT2D eigenvalue weighted by molar-refractivity contribution is 0.791. The van der Waals surface area contributed by atoms with Crippen molar-refractivity contribution in [1.82, 2.24) is 15.0 Å². The van der Waals surface area contributed by atoms with Crippen LogP contribution in [-0.2, 0) is 0 Å². The zero-order chi connectivity index (χ0) is 11.4. The number of thiazole rings is 1. The Bertz CT molecular complexity index is 446. The Labute approximate surface area is 103 Å². The summed E-state index contributed by atoms with van der Waals surface area (Å²) in [6, 6.07) is 1.79. The van der Waals surface area contributed by atoms with Gasteiger partial charge in [-0.3, -0.25) is 0 Å². The Morgan fingerprint density at radius 3 is 3.00 bits per heavy atom. The van der Waals surface area contributed by atoms with E-state index in [9.17, 15) is 0 Å². The van der Waals surface area contributed by atoms with Gasteiger partial charge in [-0.25, -0.2) is 15.0 Å². The number of nitrogens with one attached hydrogen (secondary N) is 1. The van der Waals surface area contributed by atoms with Crippen molar-refractivity contribution in [1.29, 1.82) is 0 Å². The van der Waals surface area contributed by atoms with Crippen LogP contribution in [0.3, 0.4) is 0 Å². The average molecular weight is 255 g/mol. The zero-order valence-electron chi connectivity index (χ0n) is 8.72. The highest BCUT2D eigenvalue weighted by atomic mass is 35.5. The molecule has 84 valence electrons. The fourth-order valence-electron chi connectivity index (χ4n) is 1.26. The molecule has 0 radical (unpaired) electrons. The second-order valence-corrected chi connectivity index (χ2v) is 4.63. The van der Waals surface area contributed by atoms with Gasteiger partial charge >= 0.3 is 0 Å². The first-order valence-corrected chi connectivity index (χ1v) is 6.13. The number of aromatic nitrogens is 3. The first-order valence-electron chi connectivity index (χ1n) is 4.87. The molecule has 0 aromatic carbocycles. The van der Waals surface area contributed by atoms with E-state index in [0.29, 0.717) is 5.92 Å². The Kier molecular flexibility index (Phi) is 3.69. The number of nitrogens with zero attached hydrogens (tertiary/aromatic N) is 3. The predicted octanol–water partition coefficient (Wildman–Crippen LogP) is 2.80. The van der Waals surface area contributed by atoms with Gasteiger partial charge in [0.15, 0.2) is 0 Å². The molecule has 1 N–H and O–H groups in total. The monoisotopic (exact) mass is 254 g/mol. The summed E-state index contributed by atoms with van der Waals surface area (Å²) in [6.45, 7) is 2.90. The van der Waals surface area contributed by atoms with Crippen molar-refractivity contribution in [2.75, 3.05) is 11.9 Å². The maximum Gasteiger partial charge on any atom is 0.224 e. The highest BCUT2D eigenvalue weighted by molar-refractivity contribution is 7.09. The van der Waals surface area contributed by atoms with E-state index in [0.717, 1.165) is 17.4 Å². The van der Waals surface area contributed by atoms with Gasteiger partial charge < -0.3 is 5.32 Å². The third-order valence-electron chi connectivity index (χ3n) is 2.09. The largest absolute Gasteiger partial charge is 0.369 e. The molecule has 0 saturated carbocycles. The summed E-state index contributed by atoms with van der Waals surface area (Å²) in [6.07, 6.45) is 3.45. The summed E-state index contributed by atoms with van der Waals surface area (Å²) in [7, 11) is 0. The molecule has 16 heavy (non-hydrogen) atoms. The fourth-order valence-corrected chi connectivity index (χ4v) is 2.10. The molecule has 0 aliphatic carbocycles. The van der Waals surface area contributed by atoms with Crippen LogP contribution in [-0.4, -0.2) is 21.5 Å². The van der Waals surface area contributed by atoms with Crippen molar-refractivity contribution in [2.24, 2.45) is 0 Å². The Morgan fingerprint density at radius 1 is 1.44 bits per heavy atom. The molecule has 0 bridgehead atoms. The second-order valence-electron chi connectivity index (χ2n) is 3.36. The van der Waals surface area contributed by atoms with Crippen LogP contribution in [0.1, 0.15) is 17.8 Å². The molecule has 1 unspecified atom stereocenters. The van der Waals surface area contributed by atoms with Gasteiger partial charge in [-0.2, -0.15) is 0 Å². The molecule has 4 nitrogen and oxygen atoms in total. The lowest BCUT2D eigenvalue weighted by Gasteiger charge is -2.10. The van der Waals surface area contributed by atoms with Crippen molar-refractivity contribution in [3.8, 4) is 0 Å². The Morgan fingerprint density at radius 2 is 2.31 bits per heavy atom. The van der Waals surface area contributed by atoms with Gasteiger partial charge in [0.25, 0.3) is 0 Å². The maximum atomic E-state index is 5.69. The zero-order valence-corrected chi connectivity index (χ0v) is 10.3. The van der Waals surface area contributed by atoms with E-state index in [1.165, 1.54) is 0 Å². The number of hydrogen-bond donors (Lipinski definition) is 1. The number of anilines is 1. The molecule has 0 fully saturated rings. The fraction of sp³-hybridized carbons (Fsp3) is 0.300. The third-order valence-corrected chi connectivity index (χ3v) is 3.28. The summed E-state index contributed by atoms with van der Waals surface area (Å²) in [5.41, 5.74) is 0. The van der Waals surface area contributed by atoms with E-state index in [4.69, 9.17) is 11.6 Å². The van der Waals surface area contributed by atoms with Crippen molar-refractivity contribution in [2.45, 2.75) is 12.8 Å². The SMILES string of the molecule is CC(CNc1ccnc(Cl)n1)c1nccs1. The predicted molar refractivity (Wildman–Crippen MR) is 66.1 cm³/mol. The second kappa shape index (κ2) is 5.23. The highest BCUT2D eigenvalue weighted by Gasteiger charge is 2.07. The summed E-state index contributed by atoms with van der Waals surface area (Å²) < 4.78 is 0. The van der Waals surface area contributed by atoms with Crippen LogP contribution in [0.5, 0.6) is 0 Å². The average Bonchev–Trinajstić information content (AvgIpc) is 2.79. The minimum Gasteiger partial charge on any atom is -0.369 e. The molecule has 2 rings (SSSR count). The van der Waals surface area contributed by atoms with Crippen LogP contribution in [0.25, 0.3) is 0 Å². The van der Waals surface area contributed by atoms with Gasteiger partial charge in [0, 0.05) is 30.2 Å². The standard InChI is InChI=1S/C10H11ClN4S/c1-7(9-12-4-5-16-9)6-14-8-2-3-13-10(11)15-8/h2-5,7H,6H2,1H3,(H,13,14,15). The first kappa shape index (κ1) is 11.3. The smallest absolute Gasteiger partial charge is 0.224 e. The lowest BCUT2D eigenvalue weighted by Crippen LogP contribution is -2.10. The maximum absolute atomic E-state index is 5.69. The van der Waals surface area contributed by atoms with Gasteiger partial charge in [0.2, 0.25) is 5.28 Å². The summed E-state index contributed by atoms with van der Waals surface area (Å²) in [5.74, 6) is 1.09. The molecule has 0 aliphatic heterocycles. The molecule has 6 heteroatoms. The topological polar surface area (TPSA) is 50.7 Å². The van der Waals surface area contributed by atoms with Crippen LogP contribution in [0, 0.1) is 0 Å². The van der Waals surface area contributed by atoms with Gasteiger partial charge in [-0.05, 0) is 17.7 Å². The third kappa shape index (κ3) is 2.90. The van der Waals surface area contributed by atoms with Crippen LogP contribution < -0.4 is 5.32 Å². The van der Waals surface area contributed by atoms with Crippen LogP contribution in [0.2, 0.25) is 5.28 Å². The van der Waals surface area contributed by atoms with E-state index in [-0.39, 0.29) is 5.28 Å². The molecule has 1 atom stereocenters. The quantitative estimate of drug-likeness (QED) is 0.853. The van der Waals surface area contributed by atoms with E-state index in [1.54, 1.807) is 23.6 Å². The molecule has 0 spiro atoms. The molecular weight excluding hydrogens is 244 g/mol. The van der Waals surface area contributed by atoms with Crippen molar-refractivity contribution < 1.29 is 0 Å². The Balaban J connectivity index is 1.92. The van der Waals surface area contributed by atoms with Crippen LogP contribution >= 0.6 is 22.9 Å². The molecule has 2 aromatic rings. The molecule has 0 saturated heterocycles. The van der Waals surface area contributed by atoms with E-state index < -0.39 is 0 Å². The van der Waals surface area contributed by atoms with Gasteiger partial charge in [-0.1, -0.05) is 6.92 Å². The van der Waals surface area contributed by atoms with Crippen LogP contribution in [0.15, 0.2) is 23.8 Å². The first-order chi connectivity index (χ1) is 7.75. The number of halogens is 1. The van der Waals surface area contributed by atoms with E-state index >= 15 is 0 Å². The summed E-state index contributed by atoms with van der Waals surface area (Å²) in [4.78, 5) is 12.1. The molecule has 0 amide bonds. The van der Waals surface area contributed by atoms with E-state index in [1.807, 2.05) is 11.6 Å². The van der Waals surface area contributed by atoms with Crippen molar-refractivity contribution in [3.63, 3.8) is 0 Å². The normalized spacial score (nSPS) is 12.4. The number of rotatable bonds is 4. The van der Waals surface area contributed by atoms with Gasteiger partial charge in [0.1, 0.15) is 5.82 Å². The van der Waals surface area contributed by atoms with Gasteiger partial charge in [0.05, 0.1) is 5.01 Å². The summed E-state index contributed by atoms with van der Waals surface area (Å²) >= 11 is 7.35. The van der Waals surface area contributed by atoms with E-state index in [2.05, 4.69) is 27.2 Å². The highest BCUT2D eigenvalue weighted by Crippen LogP contribution is 2.18.